The van der Waals surface area contributed by atoms with Crippen LogP contribution in [0.2, 0.25) is 0 Å². The number of aromatic nitrogens is 2. The van der Waals surface area contributed by atoms with Crippen molar-refractivity contribution < 1.29 is 4.79 Å². The third-order valence-electron chi connectivity index (χ3n) is 2.28. The minimum Gasteiger partial charge on any atom is -0.340 e. The van der Waals surface area contributed by atoms with Crippen molar-refractivity contribution in [2.75, 3.05) is 13.1 Å². The first-order chi connectivity index (χ1) is 8.08. The maximum atomic E-state index is 11.9. The summed E-state index contributed by atoms with van der Waals surface area (Å²) in [6.45, 7) is 4.43. The second-order valence-corrected chi connectivity index (χ2v) is 4.42. The van der Waals surface area contributed by atoms with Gasteiger partial charge < -0.3 is 4.90 Å². The van der Waals surface area contributed by atoms with Crippen molar-refractivity contribution in [2.24, 2.45) is 5.92 Å². The third kappa shape index (κ3) is 3.67. The Balaban J connectivity index is 2.65. The standard InChI is InChI=1S/C10H14N4O2S/c1-3-13(5-8(2)4-11)9(15)6-14-10(16)17-7-12-14/h7-8H,3,5-6H2,1-2H3/t8-/m1/s1. The van der Waals surface area contributed by atoms with Crippen LogP contribution in [0.15, 0.2) is 10.3 Å². The molecule has 0 radical (unpaired) electrons. The van der Waals surface area contributed by atoms with E-state index in [1.165, 1.54) is 5.51 Å². The minimum absolute atomic E-state index is 0.0612. The predicted octanol–water partition coefficient (Wildman–Crippen LogP) is 0.313. The molecule has 0 saturated heterocycles. The van der Waals surface area contributed by atoms with Crippen molar-refractivity contribution in [1.82, 2.24) is 14.7 Å². The molecular weight excluding hydrogens is 240 g/mol. The number of carbonyl (C=O) groups excluding carboxylic acids is 1. The van der Waals surface area contributed by atoms with Crippen LogP contribution >= 0.6 is 11.3 Å². The molecule has 17 heavy (non-hydrogen) atoms. The molecule has 1 amide bonds. The Bertz CT molecular complexity index is 473. The summed E-state index contributed by atoms with van der Waals surface area (Å²) in [4.78, 5) is 24.4. The van der Waals surface area contributed by atoms with Crippen LogP contribution in [-0.2, 0) is 11.3 Å². The van der Waals surface area contributed by atoms with Gasteiger partial charge in [-0.25, -0.2) is 4.68 Å². The van der Waals surface area contributed by atoms with Crippen molar-refractivity contribution >= 4 is 17.2 Å². The summed E-state index contributed by atoms with van der Waals surface area (Å²) in [5.41, 5.74) is 1.41. The lowest BCUT2D eigenvalue weighted by Crippen LogP contribution is -2.38. The quantitative estimate of drug-likeness (QED) is 0.757. The summed E-state index contributed by atoms with van der Waals surface area (Å²) in [5, 5.41) is 12.5. The van der Waals surface area contributed by atoms with E-state index in [0.29, 0.717) is 13.1 Å². The monoisotopic (exact) mass is 254 g/mol. The van der Waals surface area contributed by atoms with Crippen LogP contribution in [0.25, 0.3) is 0 Å². The molecule has 0 aliphatic heterocycles. The summed E-state index contributed by atoms with van der Waals surface area (Å²) in [5.74, 6) is -0.409. The zero-order valence-corrected chi connectivity index (χ0v) is 10.6. The Morgan fingerprint density at radius 1 is 1.76 bits per heavy atom. The second-order valence-electron chi connectivity index (χ2n) is 3.62. The van der Waals surface area contributed by atoms with E-state index in [0.717, 1.165) is 16.0 Å². The van der Waals surface area contributed by atoms with Gasteiger partial charge in [0.1, 0.15) is 12.1 Å². The van der Waals surface area contributed by atoms with Gasteiger partial charge in [-0.3, -0.25) is 9.59 Å². The molecule has 0 fully saturated rings. The molecule has 0 unspecified atom stereocenters. The molecule has 0 aromatic carbocycles. The largest absolute Gasteiger partial charge is 0.340 e. The Morgan fingerprint density at radius 2 is 2.47 bits per heavy atom. The number of hydrogen-bond donors (Lipinski definition) is 0. The smallest absolute Gasteiger partial charge is 0.325 e. The summed E-state index contributed by atoms with van der Waals surface area (Å²) >= 11 is 0.957. The molecule has 1 atom stereocenters. The predicted molar refractivity (Wildman–Crippen MR) is 63.4 cm³/mol. The van der Waals surface area contributed by atoms with Gasteiger partial charge in [0.25, 0.3) is 0 Å². The van der Waals surface area contributed by atoms with E-state index in [1.54, 1.807) is 11.8 Å². The lowest BCUT2D eigenvalue weighted by molar-refractivity contribution is -0.132. The van der Waals surface area contributed by atoms with Gasteiger partial charge in [-0.2, -0.15) is 10.4 Å². The molecule has 1 aromatic rings. The second kappa shape index (κ2) is 6.15. The van der Waals surface area contributed by atoms with E-state index in [2.05, 4.69) is 11.2 Å². The molecule has 0 spiro atoms. The van der Waals surface area contributed by atoms with Gasteiger partial charge in [-0.15, -0.1) is 0 Å². The first-order valence-electron chi connectivity index (χ1n) is 5.26. The zero-order valence-electron chi connectivity index (χ0n) is 9.79. The maximum Gasteiger partial charge on any atom is 0.325 e. The average molecular weight is 254 g/mol. The van der Waals surface area contributed by atoms with Crippen molar-refractivity contribution in [1.29, 1.82) is 5.26 Å². The summed E-state index contributed by atoms with van der Waals surface area (Å²) in [6.07, 6.45) is 0. The molecule has 0 saturated carbocycles. The first kappa shape index (κ1) is 13.4. The summed E-state index contributed by atoms with van der Waals surface area (Å²) in [7, 11) is 0. The van der Waals surface area contributed by atoms with Crippen molar-refractivity contribution in [3.05, 3.63) is 15.2 Å². The Labute approximate surface area is 103 Å². The summed E-state index contributed by atoms with van der Waals surface area (Å²) < 4.78 is 1.13. The molecule has 1 aromatic heterocycles. The molecule has 6 nitrogen and oxygen atoms in total. The highest BCUT2D eigenvalue weighted by Crippen LogP contribution is 2.00. The zero-order chi connectivity index (χ0) is 12.8. The number of likely N-dealkylation sites (N-methyl/N-ethyl adjacent to an activating group) is 1. The third-order valence-corrected chi connectivity index (χ3v) is 2.90. The molecule has 7 heteroatoms. The minimum atomic E-state index is -0.247. The highest BCUT2D eigenvalue weighted by molar-refractivity contribution is 7.06. The van der Waals surface area contributed by atoms with Crippen LogP contribution in [-0.4, -0.2) is 33.7 Å². The van der Waals surface area contributed by atoms with Crippen molar-refractivity contribution in [3.63, 3.8) is 0 Å². The fourth-order valence-corrected chi connectivity index (χ4v) is 1.83. The lowest BCUT2D eigenvalue weighted by atomic mass is 10.2. The number of amides is 1. The van der Waals surface area contributed by atoms with Gasteiger partial charge in [-0.05, 0) is 13.8 Å². The molecule has 0 aliphatic carbocycles. The van der Waals surface area contributed by atoms with Crippen LogP contribution < -0.4 is 4.87 Å². The SMILES string of the molecule is CCN(C[C@H](C)C#N)C(=O)Cn1ncsc1=O. The fourth-order valence-electron chi connectivity index (χ4n) is 1.35. The van der Waals surface area contributed by atoms with E-state index in [1.807, 2.05) is 6.92 Å². The molecule has 1 rings (SSSR count). The van der Waals surface area contributed by atoms with Gasteiger partial charge in [0.05, 0.1) is 12.0 Å². The van der Waals surface area contributed by atoms with E-state index in [4.69, 9.17) is 5.26 Å². The van der Waals surface area contributed by atoms with Crippen molar-refractivity contribution in [3.8, 4) is 6.07 Å². The van der Waals surface area contributed by atoms with Gasteiger partial charge in [0.15, 0.2) is 0 Å². The van der Waals surface area contributed by atoms with Crippen LogP contribution in [0.1, 0.15) is 13.8 Å². The number of hydrogen-bond acceptors (Lipinski definition) is 5. The van der Waals surface area contributed by atoms with Crippen molar-refractivity contribution in [2.45, 2.75) is 20.4 Å². The molecule has 1 heterocycles. The highest BCUT2D eigenvalue weighted by atomic mass is 32.1. The van der Waals surface area contributed by atoms with E-state index < -0.39 is 0 Å². The Hall–Kier alpha value is -1.68. The average Bonchev–Trinajstić information content (AvgIpc) is 2.71. The molecule has 0 N–H and O–H groups in total. The van der Waals surface area contributed by atoms with E-state index in [-0.39, 0.29) is 23.2 Å². The number of nitrogens with zero attached hydrogens (tertiary/aromatic N) is 4. The lowest BCUT2D eigenvalue weighted by Gasteiger charge is -2.21. The number of carbonyl (C=O) groups is 1. The van der Waals surface area contributed by atoms with Crippen LogP contribution in [0.4, 0.5) is 0 Å². The molecule has 0 aliphatic rings. The number of nitriles is 1. The Morgan fingerprint density at radius 3 is 2.94 bits per heavy atom. The molecule has 0 bridgehead atoms. The highest BCUT2D eigenvalue weighted by Gasteiger charge is 2.16. The number of rotatable bonds is 5. The van der Waals surface area contributed by atoms with Gasteiger partial charge in [0.2, 0.25) is 5.91 Å². The maximum absolute atomic E-state index is 11.9. The Kier molecular flexibility index (Phi) is 4.84. The first-order valence-corrected chi connectivity index (χ1v) is 6.14. The fraction of sp³-hybridized carbons (Fsp3) is 0.600. The molecular formula is C10H14N4O2S. The van der Waals surface area contributed by atoms with E-state index >= 15 is 0 Å². The topological polar surface area (TPSA) is 79.0 Å². The van der Waals surface area contributed by atoms with Gasteiger partial charge in [0, 0.05) is 13.1 Å². The van der Waals surface area contributed by atoms with Gasteiger partial charge >= 0.3 is 4.87 Å². The summed E-state index contributed by atoms with van der Waals surface area (Å²) in [6, 6.07) is 2.08. The van der Waals surface area contributed by atoms with E-state index in [9.17, 15) is 9.59 Å². The van der Waals surface area contributed by atoms with Crippen LogP contribution in [0.3, 0.4) is 0 Å². The normalized spacial score (nSPS) is 11.8. The van der Waals surface area contributed by atoms with Gasteiger partial charge in [-0.1, -0.05) is 11.3 Å². The molecule has 92 valence electrons. The van der Waals surface area contributed by atoms with Crippen LogP contribution in [0.5, 0.6) is 0 Å². The van der Waals surface area contributed by atoms with Crippen LogP contribution in [0, 0.1) is 17.2 Å².